The summed E-state index contributed by atoms with van der Waals surface area (Å²) in [5, 5.41) is 0. The molecule has 0 N–H and O–H groups in total. The number of hydrogen-bond acceptors (Lipinski definition) is 7. The fraction of sp³-hybridized carbons (Fsp3) is 0.407. The van der Waals surface area contributed by atoms with Gasteiger partial charge in [0.1, 0.15) is 5.75 Å². The fourth-order valence-corrected chi connectivity index (χ4v) is 6.03. The Balaban J connectivity index is 1.89. The average Bonchev–Trinajstić information content (AvgIpc) is 2.86. The van der Waals surface area contributed by atoms with Crippen molar-refractivity contribution in [3.05, 3.63) is 71.3 Å². The van der Waals surface area contributed by atoms with E-state index < -0.39 is 14.8 Å². The number of ketones is 1. The maximum Gasteiger partial charge on any atom is 0.501 e. The van der Waals surface area contributed by atoms with Crippen LogP contribution in [0.15, 0.2) is 54.6 Å². The minimum absolute atomic E-state index is 0.0848. The summed E-state index contributed by atoms with van der Waals surface area (Å²) in [4.78, 5) is 24.2. The maximum absolute atomic E-state index is 12.8. The molecule has 0 aliphatic rings. The summed E-state index contributed by atoms with van der Waals surface area (Å²) in [6.45, 7) is 10.1. The van der Waals surface area contributed by atoms with Crippen LogP contribution in [0.25, 0.3) is 6.08 Å². The molecule has 0 spiro atoms. The third kappa shape index (κ3) is 9.41. The minimum Gasteiger partial charge on any atom is -0.494 e. The molecule has 0 aliphatic heterocycles. The predicted molar refractivity (Wildman–Crippen MR) is 138 cm³/mol. The molecule has 0 fully saturated rings. The fourth-order valence-electron chi connectivity index (χ4n) is 3.45. The number of esters is 1. The van der Waals surface area contributed by atoms with Gasteiger partial charge >= 0.3 is 14.8 Å². The van der Waals surface area contributed by atoms with Crippen LogP contribution in [0.1, 0.15) is 55.6 Å². The van der Waals surface area contributed by atoms with E-state index in [1.165, 1.54) is 6.08 Å². The average molecular weight is 501 g/mol. The molecule has 7 nitrogen and oxygen atoms in total. The number of hydrogen-bond donors (Lipinski definition) is 0. The third-order valence-corrected chi connectivity index (χ3v) is 8.13. The lowest BCUT2D eigenvalue weighted by molar-refractivity contribution is -0.137. The second-order valence-electron chi connectivity index (χ2n) is 7.49. The van der Waals surface area contributed by atoms with Crippen LogP contribution in [0.5, 0.6) is 5.75 Å². The van der Waals surface area contributed by atoms with Crippen molar-refractivity contribution >= 4 is 26.6 Å². The van der Waals surface area contributed by atoms with E-state index in [0.29, 0.717) is 56.0 Å². The zero-order valence-electron chi connectivity index (χ0n) is 21.1. The van der Waals surface area contributed by atoms with Crippen LogP contribution < -0.4 is 4.74 Å². The van der Waals surface area contributed by atoms with E-state index in [0.717, 1.165) is 12.0 Å². The van der Waals surface area contributed by atoms with E-state index in [1.807, 2.05) is 20.8 Å². The summed E-state index contributed by atoms with van der Waals surface area (Å²) in [6.07, 6.45) is 3.76. The lowest BCUT2D eigenvalue weighted by atomic mass is 10.0. The van der Waals surface area contributed by atoms with Gasteiger partial charge in [-0.1, -0.05) is 24.3 Å². The van der Waals surface area contributed by atoms with Gasteiger partial charge in [-0.15, -0.1) is 0 Å². The number of ether oxygens (including phenoxy) is 2. The van der Waals surface area contributed by atoms with Gasteiger partial charge in [0.25, 0.3) is 0 Å². The number of benzene rings is 2. The predicted octanol–water partition coefficient (Wildman–Crippen LogP) is 5.31. The van der Waals surface area contributed by atoms with Crippen molar-refractivity contribution in [1.82, 2.24) is 0 Å². The topological polar surface area (TPSA) is 80.3 Å². The minimum atomic E-state index is -2.67. The highest BCUT2D eigenvalue weighted by atomic mass is 28.4. The monoisotopic (exact) mass is 500 g/mol. The van der Waals surface area contributed by atoms with Gasteiger partial charge in [0.15, 0.2) is 5.78 Å². The molecule has 0 bridgehead atoms. The van der Waals surface area contributed by atoms with Crippen molar-refractivity contribution in [3.63, 3.8) is 0 Å². The molecule has 190 valence electrons. The molecule has 0 saturated carbocycles. The first-order valence-electron chi connectivity index (χ1n) is 12.1. The van der Waals surface area contributed by atoms with Crippen LogP contribution in [0, 0.1) is 0 Å². The third-order valence-electron chi connectivity index (χ3n) is 4.98. The largest absolute Gasteiger partial charge is 0.501 e. The lowest BCUT2D eigenvalue weighted by Crippen LogP contribution is -2.46. The Hall–Kier alpha value is -2.78. The highest BCUT2D eigenvalue weighted by molar-refractivity contribution is 6.60. The molecule has 8 heteroatoms. The molecule has 0 heterocycles. The van der Waals surface area contributed by atoms with Crippen LogP contribution in [-0.2, 0) is 22.8 Å². The van der Waals surface area contributed by atoms with Crippen LogP contribution in [-0.4, -0.2) is 53.6 Å². The smallest absolute Gasteiger partial charge is 0.494 e. The zero-order valence-corrected chi connectivity index (χ0v) is 22.1. The molecule has 0 aromatic heterocycles. The Bertz CT molecular complexity index is 922. The van der Waals surface area contributed by atoms with Gasteiger partial charge in [0.05, 0.1) is 13.2 Å². The molecule has 0 radical (unpaired) electrons. The van der Waals surface area contributed by atoms with Crippen molar-refractivity contribution in [2.75, 3.05) is 33.0 Å². The van der Waals surface area contributed by atoms with Gasteiger partial charge in [0, 0.05) is 43.1 Å². The second kappa shape index (κ2) is 15.3. The second-order valence-corrected chi connectivity index (χ2v) is 10.2. The molecule has 2 aromatic carbocycles. The zero-order chi connectivity index (χ0) is 25.5. The maximum atomic E-state index is 12.8. The van der Waals surface area contributed by atoms with E-state index in [2.05, 4.69) is 0 Å². The summed E-state index contributed by atoms with van der Waals surface area (Å²) < 4.78 is 28.3. The summed E-state index contributed by atoms with van der Waals surface area (Å²) in [5.41, 5.74) is 1.95. The van der Waals surface area contributed by atoms with E-state index >= 15 is 0 Å². The van der Waals surface area contributed by atoms with Gasteiger partial charge in [-0.2, -0.15) is 0 Å². The Morgan fingerprint density at radius 3 is 1.83 bits per heavy atom. The Kier molecular flexibility index (Phi) is 12.4. The van der Waals surface area contributed by atoms with Gasteiger partial charge in [-0.25, -0.2) is 4.79 Å². The molecule has 35 heavy (non-hydrogen) atoms. The van der Waals surface area contributed by atoms with Crippen molar-refractivity contribution in [2.24, 2.45) is 0 Å². The Morgan fingerprint density at radius 2 is 1.31 bits per heavy atom. The molecular weight excluding hydrogens is 464 g/mol. The van der Waals surface area contributed by atoms with Gasteiger partial charge < -0.3 is 22.8 Å². The molecular formula is C27H36O7Si. The molecule has 0 atom stereocenters. The first-order chi connectivity index (χ1) is 17.0. The number of carbonyl (C=O) groups excluding carboxylic acids is 2. The Labute approximate surface area is 209 Å². The summed E-state index contributed by atoms with van der Waals surface area (Å²) in [5.74, 6) is 0.213. The van der Waals surface area contributed by atoms with Gasteiger partial charge in [0.2, 0.25) is 0 Å². The molecule has 0 amide bonds. The van der Waals surface area contributed by atoms with Crippen LogP contribution >= 0.6 is 0 Å². The van der Waals surface area contributed by atoms with E-state index in [9.17, 15) is 9.59 Å². The molecule has 0 unspecified atom stereocenters. The molecule has 2 aromatic rings. The van der Waals surface area contributed by atoms with Crippen LogP contribution in [0.2, 0.25) is 6.04 Å². The highest BCUT2D eigenvalue weighted by Crippen LogP contribution is 2.20. The first kappa shape index (κ1) is 28.5. The Morgan fingerprint density at radius 1 is 0.771 bits per heavy atom. The summed E-state index contributed by atoms with van der Waals surface area (Å²) in [6, 6.07) is 14.8. The van der Waals surface area contributed by atoms with Gasteiger partial charge in [-0.3, -0.25) is 4.79 Å². The van der Waals surface area contributed by atoms with E-state index in [4.69, 9.17) is 22.8 Å². The van der Waals surface area contributed by atoms with Crippen molar-refractivity contribution in [3.8, 4) is 5.75 Å². The van der Waals surface area contributed by atoms with E-state index in [1.54, 1.807) is 61.5 Å². The van der Waals surface area contributed by atoms with Crippen molar-refractivity contribution in [2.45, 2.75) is 40.2 Å². The highest BCUT2D eigenvalue weighted by Gasteiger charge is 2.39. The summed E-state index contributed by atoms with van der Waals surface area (Å²) in [7, 11) is -2.67. The number of carbonyl (C=O) groups is 2. The van der Waals surface area contributed by atoms with E-state index in [-0.39, 0.29) is 5.78 Å². The number of rotatable bonds is 16. The lowest BCUT2D eigenvalue weighted by Gasteiger charge is -2.28. The standard InChI is InChI=1S/C27H36O7Si/c1-5-30-26(28)19-12-22-10-13-23(14-11-22)27(29)24-15-17-25(18-16-24)31-20-9-21-35(32-6-2,33-7-3)34-8-4/h10-19H,5-9,20-21H2,1-4H3. The van der Waals surface area contributed by atoms with Crippen LogP contribution in [0.3, 0.4) is 0 Å². The summed E-state index contributed by atoms with van der Waals surface area (Å²) >= 11 is 0. The van der Waals surface area contributed by atoms with Crippen molar-refractivity contribution in [1.29, 1.82) is 0 Å². The normalized spacial score (nSPS) is 11.5. The first-order valence-corrected chi connectivity index (χ1v) is 14.0. The molecule has 0 saturated heterocycles. The van der Waals surface area contributed by atoms with Crippen LogP contribution in [0.4, 0.5) is 0 Å². The quantitative estimate of drug-likeness (QED) is 0.102. The van der Waals surface area contributed by atoms with Crippen molar-refractivity contribution < 1.29 is 32.3 Å². The van der Waals surface area contributed by atoms with Gasteiger partial charge in [-0.05, 0) is 70.0 Å². The molecule has 0 aliphatic carbocycles. The molecule has 2 rings (SSSR count). The SMILES string of the molecule is CCOC(=O)C=Cc1ccc(C(=O)c2ccc(OCCC[Si](OCC)(OCC)OCC)cc2)cc1.